The molecule has 0 bridgehead atoms. The summed E-state index contributed by atoms with van der Waals surface area (Å²) in [5.74, 6) is 2.46. The molecule has 100 valence electrons. The molecular formula is C14H18N4O. The van der Waals surface area contributed by atoms with Gasteiger partial charge in [0.1, 0.15) is 17.4 Å². The summed E-state index contributed by atoms with van der Waals surface area (Å²) in [4.78, 5) is 12.9. The van der Waals surface area contributed by atoms with Crippen LogP contribution in [0.3, 0.4) is 0 Å². The molecule has 0 spiro atoms. The number of hydrogen-bond acceptors (Lipinski definition) is 5. The van der Waals surface area contributed by atoms with E-state index in [9.17, 15) is 0 Å². The van der Waals surface area contributed by atoms with Crippen molar-refractivity contribution < 1.29 is 4.74 Å². The number of nitrogens with two attached hydrogens (primary N) is 1. The zero-order valence-electron chi connectivity index (χ0n) is 11.6. The monoisotopic (exact) mass is 258 g/mol. The number of ether oxygens (including phenoxy) is 1. The molecule has 0 unspecified atom stereocenters. The van der Waals surface area contributed by atoms with Crippen LogP contribution < -0.4 is 10.5 Å². The van der Waals surface area contributed by atoms with Gasteiger partial charge in [0.05, 0.1) is 11.8 Å². The van der Waals surface area contributed by atoms with Gasteiger partial charge in [0.2, 0.25) is 5.88 Å². The topological polar surface area (TPSA) is 73.9 Å². The van der Waals surface area contributed by atoms with Crippen molar-refractivity contribution in [3.05, 3.63) is 35.4 Å². The minimum atomic E-state index is 0.196. The number of rotatable bonds is 3. The average molecular weight is 258 g/mol. The molecule has 2 rings (SSSR count). The van der Waals surface area contributed by atoms with Crippen LogP contribution in [0.4, 0.5) is 5.82 Å². The zero-order chi connectivity index (χ0) is 14.0. The van der Waals surface area contributed by atoms with Gasteiger partial charge < -0.3 is 10.5 Å². The normalized spacial score (nSPS) is 10.8. The maximum absolute atomic E-state index is 5.89. The maximum Gasteiger partial charge on any atom is 0.227 e. The summed E-state index contributed by atoms with van der Waals surface area (Å²) in [7, 11) is 0. The van der Waals surface area contributed by atoms with Crippen LogP contribution in [-0.2, 0) is 0 Å². The molecule has 0 aliphatic heterocycles. The van der Waals surface area contributed by atoms with E-state index >= 15 is 0 Å². The number of aromatic nitrogens is 3. The third-order valence-corrected chi connectivity index (χ3v) is 2.77. The first-order valence-corrected chi connectivity index (χ1v) is 6.22. The molecule has 2 N–H and O–H groups in total. The van der Waals surface area contributed by atoms with Crippen LogP contribution in [0, 0.1) is 13.8 Å². The molecule has 0 aliphatic carbocycles. The number of anilines is 1. The molecule has 0 amide bonds. The summed E-state index contributed by atoms with van der Waals surface area (Å²) < 4.78 is 5.74. The van der Waals surface area contributed by atoms with Crippen molar-refractivity contribution in [2.75, 3.05) is 5.73 Å². The summed E-state index contributed by atoms with van der Waals surface area (Å²) in [6.45, 7) is 7.80. The lowest BCUT2D eigenvalue weighted by Gasteiger charge is -2.12. The highest BCUT2D eigenvalue weighted by Gasteiger charge is 2.13. The Morgan fingerprint density at radius 1 is 1.16 bits per heavy atom. The number of pyridine rings is 1. The summed E-state index contributed by atoms with van der Waals surface area (Å²) in [6, 6.07) is 3.74. The largest absolute Gasteiger partial charge is 0.437 e. The minimum absolute atomic E-state index is 0.196. The number of aryl methyl sites for hydroxylation is 1. The van der Waals surface area contributed by atoms with E-state index in [1.165, 1.54) is 0 Å². The Morgan fingerprint density at radius 2 is 1.89 bits per heavy atom. The first kappa shape index (κ1) is 13.3. The third kappa shape index (κ3) is 2.99. The zero-order valence-corrected chi connectivity index (χ0v) is 11.6. The molecule has 5 nitrogen and oxygen atoms in total. The molecule has 0 aliphatic rings. The van der Waals surface area contributed by atoms with E-state index in [0.717, 1.165) is 11.3 Å². The molecule has 0 saturated carbocycles. The van der Waals surface area contributed by atoms with Crippen molar-refractivity contribution in [1.29, 1.82) is 0 Å². The quantitative estimate of drug-likeness (QED) is 0.916. The molecule has 0 radical (unpaired) electrons. The fourth-order valence-corrected chi connectivity index (χ4v) is 1.51. The molecule has 2 aromatic heterocycles. The predicted octanol–water partition coefficient (Wildman–Crippen LogP) is 2.99. The molecule has 0 aromatic carbocycles. The van der Waals surface area contributed by atoms with Crippen LogP contribution >= 0.6 is 0 Å². The molecule has 0 fully saturated rings. The lowest BCUT2D eigenvalue weighted by molar-refractivity contribution is 0.451. The first-order valence-electron chi connectivity index (χ1n) is 6.22. The first-order chi connectivity index (χ1) is 8.97. The van der Waals surface area contributed by atoms with Crippen LogP contribution in [0.1, 0.15) is 36.8 Å². The van der Waals surface area contributed by atoms with E-state index in [0.29, 0.717) is 23.3 Å². The van der Waals surface area contributed by atoms with Crippen molar-refractivity contribution in [2.45, 2.75) is 33.6 Å². The second-order valence-corrected chi connectivity index (χ2v) is 4.79. The molecular weight excluding hydrogens is 240 g/mol. The van der Waals surface area contributed by atoms with Crippen LogP contribution in [-0.4, -0.2) is 15.0 Å². The Labute approximate surface area is 112 Å². The van der Waals surface area contributed by atoms with E-state index in [2.05, 4.69) is 15.0 Å². The van der Waals surface area contributed by atoms with Crippen LogP contribution in [0.25, 0.3) is 0 Å². The summed E-state index contributed by atoms with van der Waals surface area (Å²) in [5, 5.41) is 0. The van der Waals surface area contributed by atoms with E-state index in [1.807, 2.05) is 39.8 Å². The van der Waals surface area contributed by atoms with Gasteiger partial charge in [-0.3, -0.25) is 4.98 Å². The Kier molecular flexibility index (Phi) is 3.64. The highest BCUT2D eigenvalue weighted by Crippen LogP contribution is 2.27. The van der Waals surface area contributed by atoms with Gasteiger partial charge >= 0.3 is 0 Å². The van der Waals surface area contributed by atoms with Crippen molar-refractivity contribution in [2.24, 2.45) is 0 Å². The molecule has 0 saturated heterocycles. The molecule has 5 heteroatoms. The summed E-state index contributed by atoms with van der Waals surface area (Å²) in [5.41, 5.74) is 7.57. The van der Waals surface area contributed by atoms with Gasteiger partial charge in [0, 0.05) is 11.6 Å². The highest BCUT2D eigenvalue weighted by atomic mass is 16.5. The third-order valence-electron chi connectivity index (χ3n) is 2.77. The van der Waals surface area contributed by atoms with E-state index in [1.54, 1.807) is 6.20 Å². The van der Waals surface area contributed by atoms with Gasteiger partial charge in [-0.15, -0.1) is 0 Å². The van der Waals surface area contributed by atoms with Gasteiger partial charge in [0.25, 0.3) is 0 Å². The van der Waals surface area contributed by atoms with Gasteiger partial charge in [-0.1, -0.05) is 13.8 Å². The lowest BCUT2D eigenvalue weighted by atomic mass is 10.2. The smallest absolute Gasteiger partial charge is 0.227 e. The SMILES string of the molecule is Cc1ccc(Oc2nc(C(C)C)nc(N)c2C)cn1. The standard InChI is InChI=1S/C14H18N4O/c1-8(2)13-17-12(15)10(4)14(18-13)19-11-6-5-9(3)16-7-11/h5-8H,1-4H3,(H2,15,17,18). The molecule has 0 atom stereocenters. The number of hydrogen-bond donors (Lipinski definition) is 1. The Balaban J connectivity index is 2.36. The second-order valence-electron chi connectivity index (χ2n) is 4.79. The van der Waals surface area contributed by atoms with E-state index in [-0.39, 0.29) is 5.92 Å². The summed E-state index contributed by atoms with van der Waals surface area (Å²) >= 11 is 0. The Morgan fingerprint density at radius 3 is 2.47 bits per heavy atom. The van der Waals surface area contributed by atoms with Crippen LogP contribution in [0.5, 0.6) is 11.6 Å². The van der Waals surface area contributed by atoms with Gasteiger partial charge in [-0.05, 0) is 26.0 Å². The van der Waals surface area contributed by atoms with Crippen molar-refractivity contribution in [1.82, 2.24) is 15.0 Å². The average Bonchev–Trinajstić information content (AvgIpc) is 2.37. The Bertz CT molecular complexity index is 579. The van der Waals surface area contributed by atoms with E-state index < -0.39 is 0 Å². The van der Waals surface area contributed by atoms with Crippen molar-refractivity contribution in [3.8, 4) is 11.6 Å². The van der Waals surface area contributed by atoms with Crippen molar-refractivity contribution in [3.63, 3.8) is 0 Å². The second kappa shape index (κ2) is 5.22. The van der Waals surface area contributed by atoms with Gasteiger partial charge in [-0.25, -0.2) is 4.98 Å². The fraction of sp³-hybridized carbons (Fsp3) is 0.357. The number of nitrogens with zero attached hydrogens (tertiary/aromatic N) is 3. The van der Waals surface area contributed by atoms with Gasteiger partial charge in [-0.2, -0.15) is 4.98 Å². The van der Waals surface area contributed by atoms with Crippen LogP contribution in [0.2, 0.25) is 0 Å². The maximum atomic E-state index is 5.89. The van der Waals surface area contributed by atoms with E-state index in [4.69, 9.17) is 10.5 Å². The Hall–Kier alpha value is -2.17. The fourth-order valence-electron chi connectivity index (χ4n) is 1.51. The predicted molar refractivity (Wildman–Crippen MR) is 74.3 cm³/mol. The molecule has 19 heavy (non-hydrogen) atoms. The number of nitrogen functional groups attached to an aromatic ring is 1. The highest BCUT2D eigenvalue weighted by molar-refractivity contribution is 5.46. The molecule has 2 heterocycles. The van der Waals surface area contributed by atoms with Crippen molar-refractivity contribution >= 4 is 5.82 Å². The minimum Gasteiger partial charge on any atom is -0.437 e. The molecule has 2 aromatic rings. The van der Waals surface area contributed by atoms with Gasteiger partial charge in [0.15, 0.2) is 0 Å². The summed E-state index contributed by atoms with van der Waals surface area (Å²) in [6.07, 6.45) is 1.67. The lowest BCUT2D eigenvalue weighted by Crippen LogP contribution is -2.06. The van der Waals surface area contributed by atoms with Crippen LogP contribution in [0.15, 0.2) is 18.3 Å².